The standard InChI is InChI=1S/C11H24N2O/c1-9(14-3)8-13-6-4-11(5-7-13)10(2)12/h9-11H,4-8,12H2,1-3H3. The molecule has 0 aliphatic carbocycles. The third kappa shape index (κ3) is 3.56. The zero-order chi connectivity index (χ0) is 10.6. The van der Waals surface area contributed by atoms with E-state index in [9.17, 15) is 0 Å². The minimum atomic E-state index is 0.349. The lowest BCUT2D eigenvalue weighted by molar-refractivity contribution is 0.0608. The summed E-state index contributed by atoms with van der Waals surface area (Å²) in [5, 5.41) is 0. The SMILES string of the molecule is COC(C)CN1CCC(C(C)N)CC1. The number of rotatable bonds is 4. The summed E-state index contributed by atoms with van der Waals surface area (Å²) in [5.41, 5.74) is 5.90. The number of nitrogens with two attached hydrogens (primary N) is 1. The fraction of sp³-hybridized carbons (Fsp3) is 1.00. The van der Waals surface area contributed by atoms with Crippen LogP contribution in [0, 0.1) is 5.92 Å². The van der Waals surface area contributed by atoms with Crippen LogP contribution in [0.3, 0.4) is 0 Å². The van der Waals surface area contributed by atoms with Gasteiger partial charge < -0.3 is 15.4 Å². The third-order valence-electron chi connectivity index (χ3n) is 3.29. The maximum Gasteiger partial charge on any atom is 0.0670 e. The van der Waals surface area contributed by atoms with E-state index in [0.717, 1.165) is 12.5 Å². The monoisotopic (exact) mass is 200 g/mol. The molecule has 84 valence electrons. The molecule has 0 aromatic rings. The van der Waals surface area contributed by atoms with Crippen molar-refractivity contribution in [3.8, 4) is 0 Å². The summed E-state index contributed by atoms with van der Waals surface area (Å²) in [4.78, 5) is 2.48. The average Bonchev–Trinajstić information content (AvgIpc) is 2.18. The zero-order valence-electron chi connectivity index (χ0n) is 9.70. The number of hydrogen-bond donors (Lipinski definition) is 1. The van der Waals surface area contributed by atoms with Crippen molar-refractivity contribution in [1.29, 1.82) is 0 Å². The van der Waals surface area contributed by atoms with E-state index in [1.807, 2.05) is 0 Å². The number of methoxy groups -OCH3 is 1. The van der Waals surface area contributed by atoms with E-state index in [1.54, 1.807) is 7.11 Å². The van der Waals surface area contributed by atoms with Crippen LogP contribution in [0.5, 0.6) is 0 Å². The van der Waals surface area contributed by atoms with Gasteiger partial charge in [-0.05, 0) is 45.7 Å². The molecule has 0 radical (unpaired) electrons. The van der Waals surface area contributed by atoms with E-state index in [1.165, 1.54) is 25.9 Å². The summed E-state index contributed by atoms with van der Waals surface area (Å²) in [6.07, 6.45) is 2.84. The Morgan fingerprint density at radius 1 is 1.36 bits per heavy atom. The van der Waals surface area contributed by atoms with Gasteiger partial charge in [-0.25, -0.2) is 0 Å². The van der Waals surface area contributed by atoms with E-state index in [4.69, 9.17) is 10.5 Å². The van der Waals surface area contributed by atoms with Gasteiger partial charge in [-0.1, -0.05) is 0 Å². The first-order chi connectivity index (χ1) is 6.63. The number of likely N-dealkylation sites (tertiary alicyclic amines) is 1. The van der Waals surface area contributed by atoms with Crippen molar-refractivity contribution in [2.75, 3.05) is 26.7 Å². The van der Waals surface area contributed by atoms with Gasteiger partial charge in [0.25, 0.3) is 0 Å². The van der Waals surface area contributed by atoms with Crippen molar-refractivity contribution in [2.24, 2.45) is 11.7 Å². The number of hydrogen-bond acceptors (Lipinski definition) is 3. The Morgan fingerprint density at radius 3 is 2.36 bits per heavy atom. The Morgan fingerprint density at radius 2 is 1.93 bits per heavy atom. The van der Waals surface area contributed by atoms with E-state index in [-0.39, 0.29) is 0 Å². The zero-order valence-corrected chi connectivity index (χ0v) is 9.70. The smallest absolute Gasteiger partial charge is 0.0670 e. The molecule has 1 aliphatic heterocycles. The van der Waals surface area contributed by atoms with Crippen molar-refractivity contribution in [3.63, 3.8) is 0 Å². The Balaban J connectivity index is 2.22. The molecule has 2 atom stereocenters. The van der Waals surface area contributed by atoms with Crippen molar-refractivity contribution in [3.05, 3.63) is 0 Å². The molecule has 2 unspecified atom stereocenters. The van der Waals surface area contributed by atoms with Crippen LogP contribution < -0.4 is 5.73 Å². The lowest BCUT2D eigenvalue weighted by Crippen LogP contribution is -2.42. The maximum absolute atomic E-state index is 5.90. The minimum Gasteiger partial charge on any atom is -0.380 e. The van der Waals surface area contributed by atoms with Crippen LogP contribution in [0.1, 0.15) is 26.7 Å². The predicted molar refractivity (Wildman–Crippen MR) is 59.3 cm³/mol. The summed E-state index contributed by atoms with van der Waals surface area (Å²) >= 11 is 0. The number of piperidine rings is 1. The van der Waals surface area contributed by atoms with Gasteiger partial charge in [-0.3, -0.25) is 0 Å². The molecule has 1 rings (SSSR count). The summed E-state index contributed by atoms with van der Waals surface area (Å²) < 4.78 is 5.26. The molecule has 1 aliphatic rings. The highest BCUT2D eigenvalue weighted by molar-refractivity contribution is 4.78. The van der Waals surface area contributed by atoms with Crippen molar-refractivity contribution >= 4 is 0 Å². The third-order valence-corrected chi connectivity index (χ3v) is 3.29. The van der Waals surface area contributed by atoms with Crippen LogP contribution >= 0.6 is 0 Å². The second-order valence-corrected chi connectivity index (χ2v) is 4.54. The van der Waals surface area contributed by atoms with E-state index < -0.39 is 0 Å². The minimum absolute atomic E-state index is 0.349. The first-order valence-corrected chi connectivity index (χ1v) is 5.64. The highest BCUT2D eigenvalue weighted by atomic mass is 16.5. The Bertz CT molecular complexity index is 153. The molecule has 0 aromatic carbocycles. The summed E-state index contributed by atoms with van der Waals surface area (Å²) in [6, 6.07) is 0.358. The quantitative estimate of drug-likeness (QED) is 0.738. The van der Waals surface area contributed by atoms with Gasteiger partial charge in [0.1, 0.15) is 0 Å². The molecule has 3 nitrogen and oxygen atoms in total. The first kappa shape index (κ1) is 12.0. The second-order valence-electron chi connectivity index (χ2n) is 4.54. The molecular weight excluding hydrogens is 176 g/mol. The van der Waals surface area contributed by atoms with E-state index in [0.29, 0.717) is 12.1 Å². The Labute approximate surface area is 87.6 Å². The van der Waals surface area contributed by atoms with Gasteiger partial charge in [0.05, 0.1) is 6.10 Å². The fourth-order valence-electron chi connectivity index (χ4n) is 2.10. The molecule has 0 saturated carbocycles. The predicted octanol–water partition coefficient (Wildman–Crippen LogP) is 1.08. The van der Waals surface area contributed by atoms with E-state index in [2.05, 4.69) is 18.7 Å². The van der Waals surface area contributed by atoms with Gasteiger partial charge in [0.2, 0.25) is 0 Å². The van der Waals surface area contributed by atoms with Crippen LogP contribution in [0.4, 0.5) is 0 Å². The number of ether oxygens (including phenoxy) is 1. The van der Waals surface area contributed by atoms with Crippen LogP contribution in [0.25, 0.3) is 0 Å². The van der Waals surface area contributed by atoms with Crippen LogP contribution in [-0.4, -0.2) is 43.8 Å². The maximum atomic E-state index is 5.90. The van der Waals surface area contributed by atoms with Crippen molar-refractivity contribution in [1.82, 2.24) is 4.90 Å². The number of nitrogens with zero attached hydrogens (tertiary/aromatic N) is 1. The Hall–Kier alpha value is -0.120. The molecule has 0 spiro atoms. The summed E-state index contributed by atoms with van der Waals surface area (Å²) in [5.74, 6) is 0.726. The van der Waals surface area contributed by atoms with Crippen molar-refractivity contribution in [2.45, 2.75) is 38.8 Å². The molecule has 1 fully saturated rings. The average molecular weight is 200 g/mol. The highest BCUT2D eigenvalue weighted by Crippen LogP contribution is 2.19. The van der Waals surface area contributed by atoms with Gasteiger partial charge in [-0.15, -0.1) is 0 Å². The molecular formula is C11H24N2O. The topological polar surface area (TPSA) is 38.5 Å². The lowest BCUT2D eigenvalue weighted by atomic mass is 9.91. The lowest BCUT2D eigenvalue weighted by Gasteiger charge is -2.34. The molecule has 0 bridgehead atoms. The molecule has 2 N–H and O–H groups in total. The second kappa shape index (κ2) is 5.69. The highest BCUT2D eigenvalue weighted by Gasteiger charge is 2.22. The van der Waals surface area contributed by atoms with Gasteiger partial charge in [0.15, 0.2) is 0 Å². The molecule has 1 saturated heterocycles. The molecule has 0 amide bonds. The van der Waals surface area contributed by atoms with E-state index >= 15 is 0 Å². The van der Waals surface area contributed by atoms with Crippen LogP contribution in [0.2, 0.25) is 0 Å². The molecule has 1 heterocycles. The molecule has 14 heavy (non-hydrogen) atoms. The molecule has 0 aromatic heterocycles. The largest absolute Gasteiger partial charge is 0.380 e. The normalized spacial score (nSPS) is 24.9. The van der Waals surface area contributed by atoms with Crippen molar-refractivity contribution < 1.29 is 4.74 Å². The fourth-order valence-corrected chi connectivity index (χ4v) is 2.10. The summed E-state index contributed by atoms with van der Waals surface area (Å²) in [6.45, 7) is 7.66. The van der Waals surface area contributed by atoms with Gasteiger partial charge in [-0.2, -0.15) is 0 Å². The van der Waals surface area contributed by atoms with Gasteiger partial charge >= 0.3 is 0 Å². The van der Waals surface area contributed by atoms with Gasteiger partial charge in [0, 0.05) is 19.7 Å². The van der Waals surface area contributed by atoms with Crippen LogP contribution in [0.15, 0.2) is 0 Å². The molecule has 3 heteroatoms. The van der Waals surface area contributed by atoms with Crippen LogP contribution in [-0.2, 0) is 4.74 Å². The summed E-state index contributed by atoms with van der Waals surface area (Å²) in [7, 11) is 1.78. The first-order valence-electron chi connectivity index (χ1n) is 5.64. The Kier molecular flexibility index (Phi) is 4.85.